The largest absolute Gasteiger partial charge is 0.462 e. The summed E-state index contributed by atoms with van der Waals surface area (Å²) in [6.45, 7) is 6.56. The first-order valence-corrected chi connectivity index (χ1v) is 29.3. The Morgan fingerprint density at radius 1 is 0.303 bits per heavy atom. The zero-order valence-corrected chi connectivity index (χ0v) is 44.5. The van der Waals surface area contributed by atoms with Crippen molar-refractivity contribution in [3.05, 3.63) is 24.3 Å². The molecule has 0 aromatic rings. The highest BCUT2D eigenvalue weighted by Crippen LogP contribution is 2.17. The number of hydrogen-bond donors (Lipinski definition) is 0. The molecule has 0 fully saturated rings. The fourth-order valence-corrected chi connectivity index (χ4v) is 8.77. The number of hydrogen-bond acceptors (Lipinski definition) is 6. The summed E-state index contributed by atoms with van der Waals surface area (Å²) in [6.07, 6.45) is 65.4. The van der Waals surface area contributed by atoms with E-state index < -0.39 is 6.10 Å². The van der Waals surface area contributed by atoms with Crippen LogP contribution in [0.25, 0.3) is 0 Å². The molecule has 0 radical (unpaired) electrons. The van der Waals surface area contributed by atoms with Crippen LogP contribution in [0.1, 0.15) is 323 Å². The van der Waals surface area contributed by atoms with Crippen molar-refractivity contribution in [3.8, 4) is 0 Å². The van der Waals surface area contributed by atoms with Gasteiger partial charge in [-0.15, -0.1) is 0 Å². The second-order valence-electron chi connectivity index (χ2n) is 19.9. The summed E-state index contributed by atoms with van der Waals surface area (Å²) in [5, 5.41) is 0. The third-order valence-corrected chi connectivity index (χ3v) is 13.2. The minimum absolute atomic E-state index is 0.0659. The summed E-state index contributed by atoms with van der Waals surface area (Å²) < 4.78 is 16.7. The molecule has 0 aromatic heterocycles. The van der Waals surface area contributed by atoms with E-state index in [9.17, 15) is 14.4 Å². The predicted octanol–water partition coefficient (Wildman–Crippen LogP) is 19.5. The highest BCUT2D eigenvalue weighted by atomic mass is 16.6. The maximum Gasteiger partial charge on any atom is 0.306 e. The van der Waals surface area contributed by atoms with Gasteiger partial charge in [0.1, 0.15) is 13.2 Å². The van der Waals surface area contributed by atoms with E-state index in [-0.39, 0.29) is 31.1 Å². The molecule has 66 heavy (non-hydrogen) atoms. The maximum absolute atomic E-state index is 12.7. The highest BCUT2D eigenvalue weighted by Gasteiger charge is 2.19. The van der Waals surface area contributed by atoms with Crippen LogP contribution in [-0.2, 0) is 28.6 Å². The average Bonchev–Trinajstić information content (AvgIpc) is 3.31. The Kier molecular flexibility index (Phi) is 53.7. The van der Waals surface area contributed by atoms with Crippen LogP contribution in [0.15, 0.2) is 24.3 Å². The van der Waals surface area contributed by atoms with Gasteiger partial charge in [0.05, 0.1) is 0 Å². The molecular formula is C60H112O6. The summed E-state index contributed by atoms with van der Waals surface area (Å²) in [4.78, 5) is 37.6. The van der Waals surface area contributed by atoms with Crippen LogP contribution in [-0.4, -0.2) is 37.2 Å². The Hall–Kier alpha value is -2.11. The van der Waals surface area contributed by atoms with E-state index in [2.05, 4.69) is 45.1 Å². The van der Waals surface area contributed by atoms with Gasteiger partial charge >= 0.3 is 17.9 Å². The first-order valence-electron chi connectivity index (χ1n) is 29.3. The van der Waals surface area contributed by atoms with Gasteiger partial charge in [-0.2, -0.15) is 0 Å². The molecule has 0 saturated heterocycles. The molecule has 6 heteroatoms. The summed E-state index contributed by atoms with van der Waals surface area (Å²) >= 11 is 0. The molecule has 0 heterocycles. The van der Waals surface area contributed by atoms with Gasteiger partial charge in [0.2, 0.25) is 0 Å². The van der Waals surface area contributed by atoms with E-state index >= 15 is 0 Å². The Morgan fingerprint density at radius 2 is 0.545 bits per heavy atom. The fourth-order valence-electron chi connectivity index (χ4n) is 8.77. The summed E-state index contributed by atoms with van der Waals surface area (Å²) in [7, 11) is 0. The Bertz CT molecular complexity index is 1070. The topological polar surface area (TPSA) is 78.9 Å². The molecule has 1 unspecified atom stereocenters. The predicted molar refractivity (Wildman–Crippen MR) is 284 cm³/mol. The molecule has 0 rings (SSSR count). The van der Waals surface area contributed by atoms with Gasteiger partial charge in [-0.1, -0.05) is 276 Å². The first kappa shape index (κ1) is 63.9. The van der Waals surface area contributed by atoms with Crippen LogP contribution in [0.3, 0.4) is 0 Å². The number of carbonyl (C=O) groups is 3. The number of carbonyl (C=O) groups excluding carboxylic acids is 3. The Balaban J connectivity index is 3.81. The van der Waals surface area contributed by atoms with Crippen LogP contribution in [0.5, 0.6) is 0 Å². The highest BCUT2D eigenvalue weighted by molar-refractivity contribution is 5.71. The Labute approximate surface area is 411 Å². The van der Waals surface area contributed by atoms with E-state index in [1.807, 2.05) is 0 Å². The van der Waals surface area contributed by atoms with Crippen molar-refractivity contribution in [2.75, 3.05) is 13.2 Å². The molecule has 0 aromatic carbocycles. The zero-order chi connectivity index (χ0) is 47.9. The molecule has 0 bridgehead atoms. The lowest BCUT2D eigenvalue weighted by atomic mass is 10.0. The van der Waals surface area contributed by atoms with Crippen molar-refractivity contribution in [1.82, 2.24) is 0 Å². The van der Waals surface area contributed by atoms with E-state index in [0.717, 1.165) is 70.6 Å². The van der Waals surface area contributed by atoms with E-state index in [1.54, 1.807) is 0 Å². The number of ether oxygens (including phenoxy) is 3. The molecule has 0 N–H and O–H groups in total. The van der Waals surface area contributed by atoms with E-state index in [0.29, 0.717) is 19.3 Å². The molecule has 0 aliphatic carbocycles. The Morgan fingerprint density at radius 3 is 0.833 bits per heavy atom. The average molecular weight is 930 g/mol. The minimum atomic E-state index is -0.760. The first-order chi connectivity index (χ1) is 32.5. The van der Waals surface area contributed by atoms with Gasteiger partial charge in [0.25, 0.3) is 0 Å². The molecule has 0 spiro atoms. The van der Waals surface area contributed by atoms with Crippen LogP contribution < -0.4 is 0 Å². The van der Waals surface area contributed by atoms with E-state index in [1.165, 1.54) is 212 Å². The molecule has 1 atom stereocenters. The second kappa shape index (κ2) is 55.5. The monoisotopic (exact) mass is 929 g/mol. The second-order valence-corrected chi connectivity index (χ2v) is 19.9. The van der Waals surface area contributed by atoms with Crippen molar-refractivity contribution < 1.29 is 28.6 Å². The molecule has 0 aliphatic rings. The SMILES string of the molecule is CCCCCCC/C=C\C/C=C\CCCCCCCCCCCCCCCCCCCCCCCC(=O)OCC(COC(=O)CCCCCCC)OC(=O)CCCCCCCCCCCC. The summed E-state index contributed by atoms with van der Waals surface area (Å²) in [6, 6.07) is 0. The van der Waals surface area contributed by atoms with Gasteiger partial charge < -0.3 is 14.2 Å². The third kappa shape index (κ3) is 52.9. The van der Waals surface area contributed by atoms with Gasteiger partial charge in [0.15, 0.2) is 6.10 Å². The standard InChI is InChI=1S/C60H112O6/c1-4-7-10-13-15-17-19-20-21-22-23-24-25-26-27-28-29-30-31-32-33-34-35-36-37-38-39-40-41-43-44-47-50-53-59(62)65-56-57(55-64-58(61)52-49-46-12-9-6-3)66-60(63)54-51-48-45-42-18-16-14-11-8-5-2/h19-20,22-23,57H,4-18,21,24-56H2,1-3H3/b20-19-,23-22-. The summed E-state index contributed by atoms with van der Waals surface area (Å²) in [5.74, 6) is -0.866. The molecule has 0 aliphatic heterocycles. The van der Waals surface area contributed by atoms with Crippen molar-refractivity contribution in [2.24, 2.45) is 0 Å². The van der Waals surface area contributed by atoms with Crippen LogP contribution in [0.2, 0.25) is 0 Å². The maximum atomic E-state index is 12.7. The molecule has 388 valence electrons. The van der Waals surface area contributed by atoms with Gasteiger partial charge in [-0.25, -0.2) is 0 Å². The smallest absolute Gasteiger partial charge is 0.306 e. The zero-order valence-electron chi connectivity index (χ0n) is 44.5. The lowest BCUT2D eigenvalue weighted by molar-refractivity contribution is -0.167. The van der Waals surface area contributed by atoms with E-state index in [4.69, 9.17) is 14.2 Å². The lowest BCUT2D eigenvalue weighted by Crippen LogP contribution is -2.30. The van der Waals surface area contributed by atoms with Crippen molar-refractivity contribution in [1.29, 1.82) is 0 Å². The van der Waals surface area contributed by atoms with Crippen molar-refractivity contribution in [2.45, 2.75) is 329 Å². The van der Waals surface area contributed by atoms with Crippen LogP contribution >= 0.6 is 0 Å². The fraction of sp³-hybridized carbons (Fsp3) is 0.883. The van der Waals surface area contributed by atoms with Crippen molar-refractivity contribution in [3.63, 3.8) is 0 Å². The quantitative estimate of drug-likeness (QED) is 0.0262. The van der Waals surface area contributed by atoms with Gasteiger partial charge in [-0.3, -0.25) is 14.4 Å². The summed E-state index contributed by atoms with van der Waals surface area (Å²) in [5.41, 5.74) is 0. The third-order valence-electron chi connectivity index (χ3n) is 13.2. The lowest BCUT2D eigenvalue weighted by Gasteiger charge is -2.18. The number of esters is 3. The molecule has 0 amide bonds. The number of rotatable bonds is 54. The number of allylic oxidation sites excluding steroid dienone is 4. The molecule has 0 saturated carbocycles. The van der Waals surface area contributed by atoms with Gasteiger partial charge in [0, 0.05) is 19.3 Å². The minimum Gasteiger partial charge on any atom is -0.462 e. The molecule has 6 nitrogen and oxygen atoms in total. The van der Waals surface area contributed by atoms with Crippen LogP contribution in [0, 0.1) is 0 Å². The molecular weight excluding hydrogens is 817 g/mol. The van der Waals surface area contributed by atoms with Gasteiger partial charge in [-0.05, 0) is 51.4 Å². The van der Waals surface area contributed by atoms with Crippen LogP contribution in [0.4, 0.5) is 0 Å². The normalized spacial score (nSPS) is 12.1. The number of unbranched alkanes of at least 4 members (excludes halogenated alkanes) is 39. The van der Waals surface area contributed by atoms with Crippen molar-refractivity contribution >= 4 is 17.9 Å².